The molecule has 124 valence electrons. The van der Waals surface area contributed by atoms with Gasteiger partial charge in [0.1, 0.15) is 10.9 Å². The van der Waals surface area contributed by atoms with Crippen molar-refractivity contribution in [3.05, 3.63) is 27.1 Å². The van der Waals surface area contributed by atoms with Gasteiger partial charge < -0.3 is 10.0 Å². The lowest BCUT2D eigenvalue weighted by Crippen LogP contribution is -2.38. The second kappa shape index (κ2) is 6.49. The molecule has 8 heteroatoms. The molecule has 1 atom stereocenters. The summed E-state index contributed by atoms with van der Waals surface area (Å²) in [6, 6.07) is -0.738. The average molecular weight is 337 g/mol. The van der Waals surface area contributed by atoms with E-state index in [9.17, 15) is 14.4 Å². The number of aliphatic carboxylic acids is 1. The maximum atomic E-state index is 12.7. The number of carboxylic acids is 1. The number of likely N-dealkylation sites (N-methyl/N-ethyl adjacent to an activating group) is 1. The van der Waals surface area contributed by atoms with E-state index in [0.717, 1.165) is 10.4 Å². The van der Waals surface area contributed by atoms with Crippen LogP contribution >= 0.6 is 11.3 Å². The third kappa shape index (κ3) is 3.26. The SMILES string of the molecule is Cc1sc2ncn(C(C)C(=O)N(C)CCC(=O)O)c(=O)c2c1C. The van der Waals surface area contributed by atoms with Gasteiger partial charge in [0.2, 0.25) is 5.91 Å². The summed E-state index contributed by atoms with van der Waals surface area (Å²) in [5, 5.41) is 9.24. The number of fused-ring (bicyclic) bond motifs is 1. The van der Waals surface area contributed by atoms with Gasteiger partial charge in [0.25, 0.3) is 5.56 Å². The highest BCUT2D eigenvalue weighted by molar-refractivity contribution is 7.18. The van der Waals surface area contributed by atoms with Gasteiger partial charge in [-0.05, 0) is 26.3 Å². The number of nitrogens with zero attached hydrogens (tertiary/aromatic N) is 3. The maximum Gasteiger partial charge on any atom is 0.305 e. The first-order valence-electron chi connectivity index (χ1n) is 7.17. The zero-order valence-corrected chi connectivity index (χ0v) is 14.3. The molecule has 0 spiro atoms. The quantitative estimate of drug-likeness (QED) is 0.894. The van der Waals surface area contributed by atoms with Crippen molar-refractivity contribution in [3.63, 3.8) is 0 Å². The fourth-order valence-corrected chi connectivity index (χ4v) is 3.32. The van der Waals surface area contributed by atoms with Crippen LogP contribution in [0.15, 0.2) is 11.1 Å². The van der Waals surface area contributed by atoms with Crippen molar-refractivity contribution in [2.75, 3.05) is 13.6 Å². The van der Waals surface area contributed by atoms with Crippen LogP contribution < -0.4 is 5.56 Å². The molecular formula is C15H19N3O4S. The summed E-state index contributed by atoms with van der Waals surface area (Å²) in [6.45, 7) is 5.51. The van der Waals surface area contributed by atoms with E-state index < -0.39 is 12.0 Å². The number of aromatic nitrogens is 2. The van der Waals surface area contributed by atoms with E-state index in [2.05, 4.69) is 4.98 Å². The Labute approximate surface area is 137 Å². The largest absolute Gasteiger partial charge is 0.481 e. The lowest BCUT2D eigenvalue weighted by Gasteiger charge is -2.22. The summed E-state index contributed by atoms with van der Waals surface area (Å²) in [4.78, 5) is 42.9. The fraction of sp³-hybridized carbons (Fsp3) is 0.467. The number of carboxylic acid groups (broad SMARTS) is 1. The smallest absolute Gasteiger partial charge is 0.305 e. The van der Waals surface area contributed by atoms with Crippen LogP contribution in [-0.2, 0) is 9.59 Å². The molecule has 1 unspecified atom stereocenters. The molecule has 0 radical (unpaired) electrons. The number of carbonyl (C=O) groups is 2. The van der Waals surface area contributed by atoms with Crippen LogP contribution in [0.3, 0.4) is 0 Å². The molecule has 7 nitrogen and oxygen atoms in total. The molecule has 1 amide bonds. The summed E-state index contributed by atoms with van der Waals surface area (Å²) in [6.07, 6.45) is 1.25. The van der Waals surface area contributed by atoms with E-state index in [0.29, 0.717) is 10.2 Å². The number of thiophene rings is 1. The van der Waals surface area contributed by atoms with Crippen molar-refractivity contribution in [3.8, 4) is 0 Å². The van der Waals surface area contributed by atoms with E-state index in [1.165, 1.54) is 34.2 Å². The Morgan fingerprint density at radius 3 is 2.70 bits per heavy atom. The van der Waals surface area contributed by atoms with Crippen molar-refractivity contribution in [1.82, 2.24) is 14.5 Å². The van der Waals surface area contributed by atoms with Crippen molar-refractivity contribution >= 4 is 33.4 Å². The van der Waals surface area contributed by atoms with Gasteiger partial charge in [-0.1, -0.05) is 0 Å². The molecule has 0 bridgehead atoms. The monoisotopic (exact) mass is 337 g/mol. The number of aryl methyl sites for hydroxylation is 2. The standard InChI is InChI=1S/C15H19N3O4S/c1-8-10(3)23-13-12(8)15(22)18(7-16-13)9(2)14(21)17(4)6-5-11(19)20/h7,9H,5-6H2,1-4H3,(H,19,20). The van der Waals surface area contributed by atoms with Crippen molar-refractivity contribution in [1.29, 1.82) is 0 Å². The number of rotatable bonds is 5. The summed E-state index contributed by atoms with van der Waals surface area (Å²) in [5.41, 5.74) is 0.639. The third-order valence-electron chi connectivity index (χ3n) is 3.93. The fourth-order valence-electron chi connectivity index (χ4n) is 2.34. The van der Waals surface area contributed by atoms with Gasteiger partial charge >= 0.3 is 5.97 Å². The Morgan fingerprint density at radius 2 is 2.09 bits per heavy atom. The summed E-state index contributed by atoms with van der Waals surface area (Å²) >= 11 is 1.45. The molecule has 0 aromatic carbocycles. The highest BCUT2D eigenvalue weighted by atomic mass is 32.1. The van der Waals surface area contributed by atoms with Crippen LogP contribution in [0.1, 0.15) is 29.8 Å². The summed E-state index contributed by atoms with van der Waals surface area (Å²) in [7, 11) is 1.53. The van der Waals surface area contributed by atoms with Crippen LogP contribution in [0, 0.1) is 13.8 Å². The molecule has 0 saturated carbocycles. The van der Waals surface area contributed by atoms with Crippen molar-refractivity contribution in [2.45, 2.75) is 33.2 Å². The minimum absolute atomic E-state index is 0.0967. The van der Waals surface area contributed by atoms with E-state index in [4.69, 9.17) is 5.11 Å². The Bertz CT molecular complexity index is 824. The first-order chi connectivity index (χ1) is 10.7. The molecule has 23 heavy (non-hydrogen) atoms. The van der Waals surface area contributed by atoms with Gasteiger partial charge in [0.15, 0.2) is 0 Å². The Hall–Kier alpha value is -2.22. The van der Waals surface area contributed by atoms with Crippen LogP contribution in [0.5, 0.6) is 0 Å². The van der Waals surface area contributed by atoms with Gasteiger partial charge in [-0.3, -0.25) is 19.0 Å². The molecule has 0 aliphatic rings. The predicted octanol–water partition coefficient (Wildman–Crippen LogP) is 1.57. The Morgan fingerprint density at radius 1 is 1.43 bits per heavy atom. The zero-order chi connectivity index (χ0) is 17.3. The Balaban J connectivity index is 2.34. The normalized spacial score (nSPS) is 12.3. The average Bonchev–Trinajstić information content (AvgIpc) is 2.79. The lowest BCUT2D eigenvalue weighted by molar-refractivity contribution is -0.138. The lowest BCUT2D eigenvalue weighted by atomic mass is 10.2. The van der Waals surface area contributed by atoms with Gasteiger partial charge in [0.05, 0.1) is 18.1 Å². The van der Waals surface area contributed by atoms with Gasteiger partial charge in [0, 0.05) is 18.5 Å². The number of hydrogen-bond acceptors (Lipinski definition) is 5. The molecule has 2 rings (SSSR count). The molecule has 2 aromatic rings. The molecule has 0 aliphatic carbocycles. The third-order valence-corrected chi connectivity index (χ3v) is 5.04. The minimum atomic E-state index is -0.970. The molecule has 0 fully saturated rings. The van der Waals surface area contributed by atoms with Gasteiger partial charge in [-0.2, -0.15) is 0 Å². The number of amides is 1. The minimum Gasteiger partial charge on any atom is -0.481 e. The van der Waals surface area contributed by atoms with Crippen LogP contribution in [0.4, 0.5) is 0 Å². The first kappa shape index (κ1) is 17.1. The van der Waals surface area contributed by atoms with E-state index in [1.807, 2.05) is 13.8 Å². The highest BCUT2D eigenvalue weighted by Gasteiger charge is 2.22. The van der Waals surface area contributed by atoms with Gasteiger partial charge in [-0.25, -0.2) is 4.98 Å². The number of carbonyl (C=O) groups excluding carboxylic acids is 1. The maximum absolute atomic E-state index is 12.7. The molecule has 1 N–H and O–H groups in total. The Kier molecular flexibility index (Phi) is 4.84. The van der Waals surface area contributed by atoms with Gasteiger partial charge in [-0.15, -0.1) is 11.3 Å². The van der Waals surface area contributed by atoms with Crippen LogP contribution in [0.25, 0.3) is 10.2 Å². The van der Waals surface area contributed by atoms with Crippen molar-refractivity contribution < 1.29 is 14.7 Å². The first-order valence-corrected chi connectivity index (χ1v) is 7.99. The summed E-state index contributed by atoms with van der Waals surface area (Å²) < 4.78 is 1.31. The zero-order valence-electron chi connectivity index (χ0n) is 13.5. The molecule has 2 heterocycles. The molecular weight excluding hydrogens is 318 g/mol. The molecule has 0 saturated heterocycles. The highest BCUT2D eigenvalue weighted by Crippen LogP contribution is 2.25. The van der Waals surface area contributed by atoms with E-state index in [-0.39, 0.29) is 24.4 Å². The second-order valence-corrected chi connectivity index (χ2v) is 6.70. The predicted molar refractivity (Wildman–Crippen MR) is 88.0 cm³/mol. The second-order valence-electron chi connectivity index (χ2n) is 5.50. The van der Waals surface area contributed by atoms with Crippen LogP contribution in [0.2, 0.25) is 0 Å². The van der Waals surface area contributed by atoms with Crippen molar-refractivity contribution in [2.24, 2.45) is 0 Å². The van der Waals surface area contributed by atoms with E-state index >= 15 is 0 Å². The van der Waals surface area contributed by atoms with Crippen LogP contribution in [-0.4, -0.2) is 45.0 Å². The number of hydrogen-bond donors (Lipinski definition) is 1. The summed E-state index contributed by atoms with van der Waals surface area (Å²) in [5.74, 6) is -1.29. The topological polar surface area (TPSA) is 92.5 Å². The molecule has 2 aromatic heterocycles. The van der Waals surface area contributed by atoms with E-state index in [1.54, 1.807) is 6.92 Å². The molecule has 0 aliphatic heterocycles.